The van der Waals surface area contributed by atoms with Crippen molar-refractivity contribution in [2.45, 2.75) is 38.5 Å². The first-order valence-corrected chi connectivity index (χ1v) is 6.13. The van der Waals surface area contributed by atoms with E-state index >= 15 is 0 Å². The molecule has 0 rings (SSSR count). The molecule has 3 nitrogen and oxygen atoms in total. The number of hydrogen-bond donors (Lipinski definition) is 0. The minimum absolute atomic E-state index is 0. The van der Waals surface area contributed by atoms with Crippen molar-refractivity contribution in [1.29, 1.82) is 0 Å². The van der Waals surface area contributed by atoms with E-state index in [4.69, 9.17) is 0 Å². The maximum absolute atomic E-state index is 11.6. The van der Waals surface area contributed by atoms with Gasteiger partial charge in [-0.1, -0.05) is 25.7 Å². The van der Waals surface area contributed by atoms with Gasteiger partial charge in [0, 0.05) is 5.75 Å². The van der Waals surface area contributed by atoms with Crippen molar-refractivity contribution < 1.29 is 68.7 Å². The molecule has 0 amide bonds. The molecule has 0 saturated heterocycles. The predicted octanol–water partition coefficient (Wildman–Crippen LogP) is -1.15. The van der Waals surface area contributed by atoms with Crippen LogP contribution >= 0.6 is 0 Å². The van der Waals surface area contributed by atoms with E-state index in [1.807, 2.05) is 0 Å². The fourth-order valence-corrected chi connectivity index (χ4v) is 1.64. The van der Waals surface area contributed by atoms with Gasteiger partial charge in [0.2, 0.25) is 0 Å². The minimum Gasteiger partial charge on any atom is -0.748 e. The Labute approximate surface area is 128 Å². The summed E-state index contributed by atoms with van der Waals surface area (Å²) in [4.78, 5) is 0. The second-order valence-electron chi connectivity index (χ2n) is 3.07. The smallest absolute Gasteiger partial charge is 0.748 e. The maximum atomic E-state index is 11.6. The molecular weight excluding hydrogens is 234 g/mol. The van der Waals surface area contributed by atoms with Gasteiger partial charge < -0.3 is 4.55 Å². The number of unbranched alkanes of at least 4 members (excludes halogenated alkanes) is 5. The Kier molecular flexibility index (Phi) is 14.0. The topological polar surface area (TPSA) is 57.2 Å². The van der Waals surface area contributed by atoms with Gasteiger partial charge in [-0.2, -0.15) is 0 Å². The predicted molar refractivity (Wildman–Crippen MR) is 48.2 cm³/mol. The van der Waals surface area contributed by atoms with Crippen LogP contribution in [0.2, 0.25) is 0 Å². The van der Waals surface area contributed by atoms with Crippen LogP contribution in [0.4, 0.5) is 4.39 Å². The molecule has 80 valence electrons. The minimum atomic E-state index is -4.03. The Hall–Kier alpha value is 1.48. The molecule has 0 aliphatic heterocycles. The summed E-state index contributed by atoms with van der Waals surface area (Å²) in [6, 6.07) is 0. The Morgan fingerprint density at radius 1 is 0.929 bits per heavy atom. The zero-order valence-electron chi connectivity index (χ0n) is 8.67. The van der Waals surface area contributed by atoms with Crippen molar-refractivity contribution >= 4 is 10.1 Å². The molecule has 14 heavy (non-hydrogen) atoms. The molecule has 0 N–H and O–H groups in total. The van der Waals surface area contributed by atoms with Crippen LogP contribution in [-0.4, -0.2) is 25.4 Å². The summed E-state index contributed by atoms with van der Waals surface area (Å²) in [6.45, 7) is -0.283. The molecule has 0 bridgehead atoms. The van der Waals surface area contributed by atoms with E-state index in [-0.39, 0.29) is 63.8 Å². The van der Waals surface area contributed by atoms with Crippen molar-refractivity contribution in [2.24, 2.45) is 0 Å². The summed E-state index contributed by atoms with van der Waals surface area (Å²) in [7, 11) is -4.03. The zero-order chi connectivity index (χ0) is 10.2. The summed E-state index contributed by atoms with van der Waals surface area (Å²) in [5.41, 5.74) is 0. The molecule has 0 aromatic carbocycles. The standard InChI is InChI=1S/C8H17FO3S.K/c9-7-5-3-1-2-4-6-8-13(10,11)12;/h1-8H2,(H,10,11,12);/q;+1/p-1. The van der Waals surface area contributed by atoms with Crippen LogP contribution in [-0.2, 0) is 10.1 Å². The van der Waals surface area contributed by atoms with Gasteiger partial charge in [-0.15, -0.1) is 0 Å². The van der Waals surface area contributed by atoms with Gasteiger partial charge >= 0.3 is 51.4 Å². The zero-order valence-corrected chi connectivity index (χ0v) is 12.6. The van der Waals surface area contributed by atoms with Gasteiger partial charge in [0.1, 0.15) is 0 Å². The van der Waals surface area contributed by atoms with Crippen LogP contribution in [0.3, 0.4) is 0 Å². The van der Waals surface area contributed by atoms with Crippen molar-refractivity contribution in [2.75, 3.05) is 12.4 Å². The van der Waals surface area contributed by atoms with Crippen LogP contribution in [0.5, 0.6) is 0 Å². The Morgan fingerprint density at radius 2 is 1.36 bits per heavy atom. The van der Waals surface area contributed by atoms with E-state index in [2.05, 4.69) is 0 Å². The molecule has 0 fully saturated rings. The number of rotatable bonds is 8. The Balaban J connectivity index is 0. The fourth-order valence-electron chi connectivity index (χ4n) is 1.08. The summed E-state index contributed by atoms with van der Waals surface area (Å²) < 4.78 is 42.1. The quantitative estimate of drug-likeness (QED) is 0.310. The third kappa shape index (κ3) is 15.9. The molecule has 0 heterocycles. The summed E-state index contributed by atoms with van der Waals surface area (Å²) >= 11 is 0. The van der Waals surface area contributed by atoms with Crippen molar-refractivity contribution in [3.05, 3.63) is 0 Å². The molecule has 0 radical (unpaired) electrons. The van der Waals surface area contributed by atoms with Crippen molar-refractivity contribution in [1.82, 2.24) is 0 Å². The SMILES string of the molecule is O=S(=O)([O-])CCCCCCCCF.[K+]. The number of halogens is 1. The molecule has 0 aliphatic rings. The molecule has 0 spiro atoms. The molecule has 0 aromatic rings. The fraction of sp³-hybridized carbons (Fsp3) is 1.00. The largest absolute Gasteiger partial charge is 1.00 e. The number of alkyl halides is 1. The summed E-state index contributed by atoms with van der Waals surface area (Å²) in [5.74, 6) is -0.268. The van der Waals surface area contributed by atoms with E-state index in [1.54, 1.807) is 0 Å². The van der Waals surface area contributed by atoms with Crippen LogP contribution < -0.4 is 51.4 Å². The van der Waals surface area contributed by atoms with Crippen molar-refractivity contribution in [3.8, 4) is 0 Å². The number of hydrogen-bond acceptors (Lipinski definition) is 3. The monoisotopic (exact) mass is 250 g/mol. The molecule has 0 atom stereocenters. The van der Waals surface area contributed by atoms with Gasteiger partial charge in [-0.25, -0.2) is 8.42 Å². The van der Waals surface area contributed by atoms with Crippen LogP contribution in [0.25, 0.3) is 0 Å². The third-order valence-corrected chi connectivity index (χ3v) is 2.57. The second-order valence-corrected chi connectivity index (χ2v) is 4.60. The van der Waals surface area contributed by atoms with E-state index in [9.17, 15) is 17.4 Å². The third-order valence-electron chi connectivity index (χ3n) is 1.78. The van der Waals surface area contributed by atoms with E-state index in [0.717, 1.165) is 25.7 Å². The first kappa shape index (κ1) is 17.9. The average Bonchev–Trinajstić information content (AvgIpc) is 2.01. The molecule has 0 aliphatic carbocycles. The van der Waals surface area contributed by atoms with Crippen molar-refractivity contribution in [3.63, 3.8) is 0 Å². The van der Waals surface area contributed by atoms with E-state index < -0.39 is 10.1 Å². The van der Waals surface area contributed by atoms with E-state index in [0.29, 0.717) is 12.8 Å². The summed E-state index contributed by atoms with van der Waals surface area (Å²) in [5, 5.41) is 0. The van der Waals surface area contributed by atoms with Crippen LogP contribution in [0, 0.1) is 0 Å². The second kappa shape index (κ2) is 11.0. The van der Waals surface area contributed by atoms with Gasteiger partial charge in [0.15, 0.2) is 0 Å². The first-order chi connectivity index (χ1) is 6.06. The van der Waals surface area contributed by atoms with Crippen LogP contribution in [0.1, 0.15) is 38.5 Å². The molecule has 0 unspecified atom stereocenters. The van der Waals surface area contributed by atoms with Gasteiger partial charge in [0.25, 0.3) is 0 Å². The van der Waals surface area contributed by atoms with Crippen LogP contribution in [0.15, 0.2) is 0 Å². The molecule has 0 saturated carbocycles. The molecule has 6 heteroatoms. The van der Waals surface area contributed by atoms with Gasteiger partial charge in [-0.3, -0.25) is 4.39 Å². The molecular formula is C8H16FKO3S. The average molecular weight is 250 g/mol. The summed E-state index contributed by atoms with van der Waals surface area (Å²) in [6.07, 6.45) is 4.41. The normalized spacial score (nSPS) is 11.0. The van der Waals surface area contributed by atoms with Gasteiger partial charge in [-0.05, 0) is 12.8 Å². The van der Waals surface area contributed by atoms with E-state index in [1.165, 1.54) is 0 Å². The first-order valence-electron chi connectivity index (χ1n) is 4.56. The molecule has 0 aromatic heterocycles. The Morgan fingerprint density at radius 3 is 1.79 bits per heavy atom. The maximum Gasteiger partial charge on any atom is 1.00 e. The Bertz CT molecular complexity index is 207. The van der Waals surface area contributed by atoms with Gasteiger partial charge in [0.05, 0.1) is 16.8 Å².